The van der Waals surface area contributed by atoms with Crippen molar-refractivity contribution in [1.29, 1.82) is 0 Å². The zero-order valence-corrected chi connectivity index (χ0v) is 21.1. The number of aryl methyl sites for hydroxylation is 1. The smallest absolute Gasteiger partial charge is 0.287 e. The van der Waals surface area contributed by atoms with Gasteiger partial charge in [0.15, 0.2) is 0 Å². The molecule has 0 N–H and O–H groups in total. The summed E-state index contributed by atoms with van der Waals surface area (Å²) in [5, 5.41) is 3.64. The van der Waals surface area contributed by atoms with E-state index in [-0.39, 0.29) is 21.5 Å². The topological polar surface area (TPSA) is 105 Å². The fourth-order valence-corrected chi connectivity index (χ4v) is 4.58. The molecule has 0 aliphatic carbocycles. The number of benzene rings is 1. The van der Waals surface area contributed by atoms with Crippen molar-refractivity contribution < 1.29 is 13.2 Å². The molecule has 1 aromatic carbocycles. The van der Waals surface area contributed by atoms with E-state index in [0.29, 0.717) is 17.7 Å². The number of nitrogens with zero attached hydrogens (tertiary/aromatic N) is 5. The second kappa shape index (κ2) is 10.6. The zero-order valence-electron chi connectivity index (χ0n) is 18.8. The molecule has 0 aliphatic heterocycles. The van der Waals surface area contributed by atoms with Crippen LogP contribution in [-0.2, 0) is 27.8 Å². The van der Waals surface area contributed by atoms with Crippen molar-refractivity contribution in [3.63, 3.8) is 0 Å². The van der Waals surface area contributed by atoms with Gasteiger partial charge < -0.3 is 4.90 Å². The van der Waals surface area contributed by atoms with E-state index in [4.69, 9.17) is 23.2 Å². The molecule has 2 aromatic heterocycles. The van der Waals surface area contributed by atoms with Crippen molar-refractivity contribution in [2.75, 3.05) is 25.5 Å². The highest BCUT2D eigenvalue weighted by molar-refractivity contribution is 7.89. The Kier molecular flexibility index (Phi) is 8.09. The van der Waals surface area contributed by atoms with Crippen LogP contribution in [0.15, 0.2) is 58.5 Å². The minimum Gasteiger partial charge on any atom is -0.310 e. The molecule has 3 aromatic rings. The van der Waals surface area contributed by atoms with Gasteiger partial charge in [-0.3, -0.25) is 14.6 Å². The number of aromatic nitrogens is 3. The van der Waals surface area contributed by atoms with Crippen molar-refractivity contribution in [2.24, 2.45) is 0 Å². The number of anilines is 1. The number of hydrogen-bond donors (Lipinski definition) is 0. The summed E-state index contributed by atoms with van der Waals surface area (Å²) < 4.78 is 27.6. The quantitative estimate of drug-likeness (QED) is 0.449. The first-order chi connectivity index (χ1) is 16.0. The Balaban J connectivity index is 2.01. The first-order valence-electron chi connectivity index (χ1n) is 10.2. The summed E-state index contributed by atoms with van der Waals surface area (Å²) in [5.41, 5.74) is 0.947. The van der Waals surface area contributed by atoms with Crippen molar-refractivity contribution >= 4 is 44.8 Å². The van der Waals surface area contributed by atoms with E-state index in [2.05, 4.69) is 10.1 Å². The van der Waals surface area contributed by atoms with E-state index >= 15 is 0 Å². The van der Waals surface area contributed by atoms with Gasteiger partial charge in [0, 0.05) is 44.6 Å². The molecule has 0 saturated heterocycles. The minimum absolute atomic E-state index is 0.0144. The van der Waals surface area contributed by atoms with Crippen LogP contribution in [0.25, 0.3) is 0 Å². The van der Waals surface area contributed by atoms with Crippen LogP contribution in [0.3, 0.4) is 0 Å². The lowest BCUT2D eigenvalue weighted by Crippen LogP contribution is -2.39. The third-order valence-electron chi connectivity index (χ3n) is 5.09. The second-order valence-electron chi connectivity index (χ2n) is 7.62. The molecule has 0 saturated carbocycles. The SMILES string of the molecule is Cc1ccc(N(CCc2ccccn2)C(=O)Cn2ncc(Cl)c(Cl)c2=O)cc1S(=O)(=O)N(C)C. The Morgan fingerprint density at radius 2 is 1.88 bits per heavy atom. The summed E-state index contributed by atoms with van der Waals surface area (Å²) in [6, 6.07) is 10.2. The molecule has 1 amide bonds. The Morgan fingerprint density at radius 3 is 2.53 bits per heavy atom. The fraction of sp³-hybridized carbons (Fsp3) is 0.273. The van der Waals surface area contributed by atoms with Crippen LogP contribution in [0.5, 0.6) is 0 Å². The van der Waals surface area contributed by atoms with E-state index in [0.717, 1.165) is 14.7 Å². The first kappa shape index (κ1) is 25.8. The Hall–Kier alpha value is -2.79. The maximum atomic E-state index is 13.3. The molecular weight excluding hydrogens is 501 g/mol. The lowest BCUT2D eigenvalue weighted by Gasteiger charge is -2.24. The number of carbonyl (C=O) groups is 1. The van der Waals surface area contributed by atoms with E-state index in [9.17, 15) is 18.0 Å². The highest BCUT2D eigenvalue weighted by atomic mass is 35.5. The first-order valence-corrected chi connectivity index (χ1v) is 12.4. The maximum Gasteiger partial charge on any atom is 0.287 e. The van der Waals surface area contributed by atoms with Gasteiger partial charge in [-0.25, -0.2) is 17.4 Å². The number of sulfonamides is 1. The lowest BCUT2D eigenvalue weighted by atomic mass is 10.2. The molecule has 0 aliphatic rings. The minimum atomic E-state index is -3.75. The van der Waals surface area contributed by atoms with E-state index < -0.39 is 28.0 Å². The molecule has 9 nitrogen and oxygen atoms in total. The average molecular weight is 524 g/mol. The van der Waals surface area contributed by atoms with Crippen LogP contribution in [0.2, 0.25) is 10.0 Å². The average Bonchev–Trinajstić information content (AvgIpc) is 2.81. The van der Waals surface area contributed by atoms with Gasteiger partial charge in [0.25, 0.3) is 5.56 Å². The van der Waals surface area contributed by atoms with Crippen molar-refractivity contribution in [1.82, 2.24) is 19.1 Å². The normalized spacial score (nSPS) is 11.6. The van der Waals surface area contributed by atoms with Gasteiger partial charge in [-0.05, 0) is 36.8 Å². The molecule has 0 unspecified atom stereocenters. The highest BCUT2D eigenvalue weighted by Crippen LogP contribution is 2.25. The van der Waals surface area contributed by atoms with E-state index in [1.165, 1.54) is 31.3 Å². The van der Waals surface area contributed by atoms with E-state index in [1.807, 2.05) is 12.1 Å². The molecule has 2 heterocycles. The van der Waals surface area contributed by atoms with Crippen LogP contribution in [-0.4, -0.2) is 54.0 Å². The molecule has 0 bridgehead atoms. The van der Waals surface area contributed by atoms with Crippen molar-refractivity contribution in [2.45, 2.75) is 24.8 Å². The summed E-state index contributed by atoms with van der Waals surface area (Å²) in [5.74, 6) is -0.485. The van der Waals surface area contributed by atoms with Gasteiger partial charge >= 0.3 is 0 Å². The number of amides is 1. The largest absolute Gasteiger partial charge is 0.310 e. The molecule has 0 spiro atoms. The summed E-state index contributed by atoms with van der Waals surface area (Å²) in [4.78, 5) is 31.5. The summed E-state index contributed by atoms with van der Waals surface area (Å²) in [6.07, 6.45) is 3.23. The third-order valence-corrected chi connectivity index (χ3v) is 7.79. The summed E-state index contributed by atoms with van der Waals surface area (Å²) in [6.45, 7) is 1.46. The molecule has 12 heteroatoms. The van der Waals surface area contributed by atoms with Crippen LogP contribution in [0, 0.1) is 6.92 Å². The molecule has 0 atom stereocenters. The van der Waals surface area contributed by atoms with Gasteiger partial charge in [0.05, 0.1) is 16.1 Å². The van der Waals surface area contributed by atoms with Crippen LogP contribution in [0.1, 0.15) is 11.3 Å². The van der Waals surface area contributed by atoms with Gasteiger partial charge in [-0.2, -0.15) is 5.10 Å². The second-order valence-corrected chi connectivity index (χ2v) is 10.5. The predicted molar refractivity (Wildman–Crippen MR) is 131 cm³/mol. The van der Waals surface area contributed by atoms with Crippen LogP contribution >= 0.6 is 23.2 Å². The fourth-order valence-electron chi connectivity index (χ4n) is 3.17. The summed E-state index contributed by atoms with van der Waals surface area (Å²) >= 11 is 11.7. The van der Waals surface area contributed by atoms with Crippen LogP contribution in [0.4, 0.5) is 5.69 Å². The number of halogens is 2. The monoisotopic (exact) mass is 523 g/mol. The van der Waals surface area contributed by atoms with Gasteiger partial charge in [0.1, 0.15) is 11.6 Å². The molecule has 180 valence electrons. The molecule has 0 radical (unpaired) electrons. The number of rotatable bonds is 8. The van der Waals surface area contributed by atoms with Gasteiger partial charge in [0.2, 0.25) is 15.9 Å². The van der Waals surface area contributed by atoms with Crippen molar-refractivity contribution in [3.05, 3.63) is 80.4 Å². The zero-order chi connectivity index (χ0) is 25.0. The number of carbonyl (C=O) groups excluding carboxylic acids is 1. The molecular formula is C22H23Cl2N5O4S. The van der Waals surface area contributed by atoms with Gasteiger partial charge in [-0.15, -0.1) is 0 Å². The molecule has 3 rings (SSSR count). The van der Waals surface area contributed by atoms with Crippen LogP contribution < -0.4 is 10.5 Å². The Labute approximate surface area is 207 Å². The molecule has 34 heavy (non-hydrogen) atoms. The number of hydrogen-bond acceptors (Lipinski definition) is 6. The Morgan fingerprint density at radius 1 is 1.15 bits per heavy atom. The summed E-state index contributed by atoms with van der Waals surface area (Å²) in [7, 11) is -0.872. The predicted octanol–water partition coefficient (Wildman–Crippen LogP) is 2.78. The maximum absolute atomic E-state index is 13.3. The highest BCUT2D eigenvalue weighted by Gasteiger charge is 2.24. The molecule has 0 fully saturated rings. The van der Waals surface area contributed by atoms with Crippen molar-refractivity contribution in [3.8, 4) is 0 Å². The third kappa shape index (κ3) is 5.64. The lowest BCUT2D eigenvalue weighted by molar-refractivity contribution is -0.119. The number of pyridine rings is 1. The van der Waals surface area contributed by atoms with E-state index in [1.54, 1.807) is 31.3 Å². The van der Waals surface area contributed by atoms with Gasteiger partial charge in [-0.1, -0.05) is 35.3 Å². The Bertz CT molecular complexity index is 1360. The standard InChI is InChI=1S/C22H23Cl2N5O4S/c1-15-7-8-17(12-19(15)34(32,33)27(2)3)28(11-9-16-6-4-5-10-25-16)20(30)14-29-22(31)21(24)18(23)13-26-29/h4-8,10,12-13H,9,11,14H2,1-3H3.